The lowest BCUT2D eigenvalue weighted by Gasteiger charge is -2.09. The number of amides is 1. The Labute approximate surface area is 158 Å². The fourth-order valence-electron chi connectivity index (χ4n) is 1.64. The highest BCUT2D eigenvalue weighted by Gasteiger charge is 2.11. The highest BCUT2D eigenvalue weighted by atomic mass is 35.5. The van der Waals surface area contributed by atoms with Crippen LogP contribution in [0.4, 0.5) is 5.69 Å². The van der Waals surface area contributed by atoms with E-state index in [-0.39, 0.29) is 11.7 Å². The summed E-state index contributed by atoms with van der Waals surface area (Å²) in [5, 5.41) is 11.6. The first-order valence-electron chi connectivity index (χ1n) is 7.20. The Kier molecular flexibility index (Phi) is 7.67. The van der Waals surface area contributed by atoms with Crippen LogP contribution in [0, 0.1) is 5.92 Å². The molecule has 0 saturated heterocycles. The smallest absolute Gasteiger partial charge is 0.234 e. The molecule has 0 aliphatic rings. The van der Waals surface area contributed by atoms with Gasteiger partial charge in [0.05, 0.1) is 18.6 Å². The molecule has 0 aliphatic heterocycles. The lowest BCUT2D eigenvalue weighted by atomic mass is 10.3. The molecule has 0 aliphatic carbocycles. The van der Waals surface area contributed by atoms with E-state index in [0.29, 0.717) is 22.4 Å². The number of methoxy groups -OCH3 is 1. The van der Waals surface area contributed by atoms with Crippen molar-refractivity contribution in [3.05, 3.63) is 23.2 Å². The maximum atomic E-state index is 12.1. The van der Waals surface area contributed by atoms with Crippen LogP contribution in [0.3, 0.4) is 0 Å². The van der Waals surface area contributed by atoms with Crippen molar-refractivity contribution in [1.82, 2.24) is 10.2 Å². The van der Waals surface area contributed by atoms with Gasteiger partial charge in [0.2, 0.25) is 5.91 Å². The molecule has 0 atom stereocenters. The van der Waals surface area contributed by atoms with Crippen molar-refractivity contribution >= 4 is 58.1 Å². The van der Waals surface area contributed by atoms with E-state index in [0.717, 1.165) is 14.4 Å². The van der Waals surface area contributed by atoms with Gasteiger partial charge >= 0.3 is 0 Å². The maximum absolute atomic E-state index is 12.1. The summed E-state index contributed by atoms with van der Waals surface area (Å²) in [7, 11) is 1.55. The summed E-state index contributed by atoms with van der Waals surface area (Å²) < 4.78 is 6.93. The Hall–Kier alpha value is -0.960. The van der Waals surface area contributed by atoms with Crippen LogP contribution in [-0.4, -0.2) is 34.7 Å². The molecule has 1 amide bonds. The van der Waals surface area contributed by atoms with Crippen molar-refractivity contribution in [1.29, 1.82) is 0 Å². The lowest BCUT2D eigenvalue weighted by Crippen LogP contribution is -2.14. The van der Waals surface area contributed by atoms with Crippen LogP contribution >= 0.6 is 46.5 Å². The van der Waals surface area contributed by atoms with Crippen molar-refractivity contribution in [2.45, 2.75) is 22.5 Å². The Morgan fingerprint density at radius 2 is 2.04 bits per heavy atom. The Bertz CT molecular complexity index is 694. The molecule has 0 unspecified atom stereocenters. The summed E-state index contributed by atoms with van der Waals surface area (Å²) in [5.74, 6) is 2.29. The first-order chi connectivity index (χ1) is 11.5. The number of benzene rings is 1. The third-order valence-electron chi connectivity index (χ3n) is 2.69. The quantitative estimate of drug-likeness (QED) is 0.645. The SMILES string of the molecule is COc1ccc(Cl)cc1NC(=O)CSc1nnc(SCC(C)C)s1. The minimum Gasteiger partial charge on any atom is -0.495 e. The van der Waals surface area contributed by atoms with E-state index in [1.165, 1.54) is 23.1 Å². The number of anilines is 1. The highest BCUT2D eigenvalue weighted by molar-refractivity contribution is 8.03. The Morgan fingerprint density at radius 1 is 1.33 bits per heavy atom. The number of thioether (sulfide) groups is 2. The van der Waals surface area contributed by atoms with Crippen molar-refractivity contribution in [3.63, 3.8) is 0 Å². The van der Waals surface area contributed by atoms with Crippen molar-refractivity contribution in [3.8, 4) is 5.75 Å². The van der Waals surface area contributed by atoms with E-state index in [4.69, 9.17) is 16.3 Å². The minimum atomic E-state index is -0.146. The second kappa shape index (κ2) is 9.50. The van der Waals surface area contributed by atoms with Gasteiger partial charge in [-0.3, -0.25) is 4.79 Å². The molecule has 0 radical (unpaired) electrons. The van der Waals surface area contributed by atoms with Gasteiger partial charge in [-0.15, -0.1) is 10.2 Å². The van der Waals surface area contributed by atoms with Gasteiger partial charge in [-0.1, -0.05) is 60.3 Å². The molecule has 1 aromatic carbocycles. The van der Waals surface area contributed by atoms with E-state index in [1.54, 1.807) is 37.1 Å². The van der Waals surface area contributed by atoms with Crippen LogP contribution in [0.2, 0.25) is 5.02 Å². The number of carbonyl (C=O) groups is 1. The van der Waals surface area contributed by atoms with Gasteiger partial charge in [0.25, 0.3) is 0 Å². The molecule has 0 bridgehead atoms. The summed E-state index contributed by atoms with van der Waals surface area (Å²) in [5.41, 5.74) is 0.557. The number of nitrogens with zero attached hydrogens (tertiary/aromatic N) is 2. The summed E-state index contributed by atoms with van der Waals surface area (Å²) in [6, 6.07) is 5.09. The predicted octanol–water partition coefficient (Wildman–Crippen LogP) is 4.68. The summed E-state index contributed by atoms with van der Waals surface area (Å²) in [6.07, 6.45) is 0. The zero-order valence-electron chi connectivity index (χ0n) is 13.5. The average Bonchev–Trinajstić information content (AvgIpc) is 2.99. The van der Waals surface area contributed by atoms with Gasteiger partial charge in [-0.25, -0.2) is 0 Å². The van der Waals surface area contributed by atoms with E-state index >= 15 is 0 Å². The standard InChI is InChI=1S/C15H18ClN3O2S3/c1-9(2)7-22-14-18-19-15(24-14)23-8-13(20)17-11-6-10(16)4-5-12(11)21-3/h4-6,9H,7-8H2,1-3H3,(H,17,20). The molecule has 1 heterocycles. The first kappa shape index (κ1) is 19.4. The van der Waals surface area contributed by atoms with Crippen molar-refractivity contribution < 1.29 is 9.53 Å². The summed E-state index contributed by atoms with van der Waals surface area (Å²) >= 11 is 10.5. The number of hydrogen-bond donors (Lipinski definition) is 1. The fourth-order valence-corrected chi connectivity index (χ4v) is 4.61. The largest absolute Gasteiger partial charge is 0.495 e. The monoisotopic (exact) mass is 403 g/mol. The van der Waals surface area contributed by atoms with Crippen LogP contribution in [-0.2, 0) is 4.79 Å². The molecule has 1 N–H and O–H groups in total. The summed E-state index contributed by atoms with van der Waals surface area (Å²) in [6.45, 7) is 4.33. The van der Waals surface area contributed by atoms with Gasteiger partial charge < -0.3 is 10.1 Å². The number of carbonyl (C=O) groups excluding carboxylic acids is 1. The van der Waals surface area contributed by atoms with Crippen LogP contribution in [0.25, 0.3) is 0 Å². The fraction of sp³-hybridized carbons (Fsp3) is 0.400. The third-order valence-corrected chi connectivity index (χ3v) is 6.54. The Balaban J connectivity index is 1.86. The first-order valence-corrected chi connectivity index (χ1v) is 10.4. The van der Waals surface area contributed by atoms with E-state index in [9.17, 15) is 4.79 Å². The topological polar surface area (TPSA) is 64.1 Å². The van der Waals surface area contributed by atoms with Crippen LogP contribution in [0.1, 0.15) is 13.8 Å². The van der Waals surface area contributed by atoms with Gasteiger partial charge in [-0.05, 0) is 24.1 Å². The van der Waals surface area contributed by atoms with Gasteiger partial charge in [0.15, 0.2) is 8.68 Å². The van der Waals surface area contributed by atoms with E-state index < -0.39 is 0 Å². The number of nitrogens with one attached hydrogen (secondary N) is 1. The summed E-state index contributed by atoms with van der Waals surface area (Å²) in [4.78, 5) is 12.1. The highest BCUT2D eigenvalue weighted by Crippen LogP contribution is 2.31. The van der Waals surface area contributed by atoms with E-state index in [2.05, 4.69) is 29.4 Å². The Morgan fingerprint density at radius 3 is 2.71 bits per heavy atom. The molecule has 1 aromatic heterocycles. The average molecular weight is 404 g/mol. The lowest BCUT2D eigenvalue weighted by molar-refractivity contribution is -0.113. The molecule has 2 aromatic rings. The maximum Gasteiger partial charge on any atom is 0.234 e. The molecule has 9 heteroatoms. The van der Waals surface area contributed by atoms with Gasteiger partial charge in [0.1, 0.15) is 5.75 Å². The second-order valence-corrected chi connectivity index (χ2v) is 9.12. The van der Waals surface area contributed by atoms with Gasteiger partial charge in [-0.2, -0.15) is 0 Å². The molecule has 2 rings (SSSR count). The molecule has 130 valence electrons. The van der Waals surface area contributed by atoms with Gasteiger partial charge in [0, 0.05) is 10.8 Å². The van der Waals surface area contributed by atoms with E-state index in [1.807, 2.05) is 0 Å². The molecule has 24 heavy (non-hydrogen) atoms. The van der Waals surface area contributed by atoms with Crippen LogP contribution in [0.15, 0.2) is 26.9 Å². The molecule has 0 saturated carbocycles. The molecule has 0 fully saturated rings. The third kappa shape index (κ3) is 6.16. The zero-order chi connectivity index (χ0) is 17.5. The molecule has 5 nitrogen and oxygen atoms in total. The second-order valence-electron chi connectivity index (χ2n) is 5.22. The molecule has 0 spiro atoms. The minimum absolute atomic E-state index is 0.146. The normalized spacial score (nSPS) is 10.9. The number of rotatable bonds is 8. The number of aromatic nitrogens is 2. The molecular weight excluding hydrogens is 386 g/mol. The zero-order valence-corrected chi connectivity index (χ0v) is 16.7. The van der Waals surface area contributed by atoms with Crippen LogP contribution in [0.5, 0.6) is 5.75 Å². The molecular formula is C15H18ClN3O2S3. The number of hydrogen-bond acceptors (Lipinski definition) is 7. The van der Waals surface area contributed by atoms with Crippen LogP contribution < -0.4 is 10.1 Å². The van der Waals surface area contributed by atoms with Crippen molar-refractivity contribution in [2.24, 2.45) is 5.92 Å². The van der Waals surface area contributed by atoms with Crippen molar-refractivity contribution in [2.75, 3.05) is 23.9 Å². The number of ether oxygens (including phenoxy) is 1. The predicted molar refractivity (Wildman–Crippen MR) is 103 cm³/mol. The number of halogens is 1.